The molecule has 0 atom stereocenters. The Bertz CT molecular complexity index is 527. The Balaban J connectivity index is 0.00000180. The summed E-state index contributed by atoms with van der Waals surface area (Å²) in [6.45, 7) is 5.50. The van der Waals surface area contributed by atoms with Gasteiger partial charge >= 0.3 is 0 Å². The van der Waals surface area contributed by atoms with Gasteiger partial charge in [-0.25, -0.2) is 8.78 Å². The molecule has 0 aliphatic rings. The fourth-order valence-electron chi connectivity index (χ4n) is 2.13. The van der Waals surface area contributed by atoms with Gasteiger partial charge in [0.2, 0.25) is 0 Å². The van der Waals surface area contributed by atoms with Crippen LogP contribution in [0.25, 0.3) is 0 Å². The van der Waals surface area contributed by atoms with Gasteiger partial charge in [-0.15, -0.1) is 0 Å². The Morgan fingerprint density at radius 3 is 1.47 bits per heavy atom. The van der Waals surface area contributed by atoms with E-state index in [1.165, 1.54) is 12.1 Å². The number of rotatable bonds is 2. The summed E-state index contributed by atoms with van der Waals surface area (Å²) in [4.78, 5) is 0. The van der Waals surface area contributed by atoms with Crippen molar-refractivity contribution in [2.75, 3.05) is 0 Å². The van der Waals surface area contributed by atoms with Crippen molar-refractivity contribution in [3.8, 4) is 0 Å². The van der Waals surface area contributed by atoms with Gasteiger partial charge in [0.05, 0.1) is 0 Å². The van der Waals surface area contributed by atoms with Crippen LogP contribution in [-0.4, -0.2) is 0 Å². The van der Waals surface area contributed by atoms with Crippen LogP contribution < -0.4 is 6.15 Å². The fourth-order valence-corrected chi connectivity index (χ4v) is 2.13. The molecular weight excluding hydrogens is 244 g/mol. The number of hydrogen-bond acceptors (Lipinski definition) is 1. The molecule has 2 aromatic rings. The molecule has 0 saturated heterocycles. The van der Waals surface area contributed by atoms with Gasteiger partial charge in [-0.1, -0.05) is 31.2 Å². The molecule has 0 aromatic heterocycles. The van der Waals surface area contributed by atoms with E-state index in [9.17, 15) is 8.78 Å². The molecule has 0 aliphatic heterocycles. The van der Waals surface area contributed by atoms with Crippen molar-refractivity contribution < 1.29 is 8.78 Å². The Morgan fingerprint density at radius 1 is 0.789 bits per heavy atom. The van der Waals surface area contributed by atoms with Crippen LogP contribution in [0.2, 0.25) is 0 Å². The summed E-state index contributed by atoms with van der Waals surface area (Å²) in [7, 11) is 0. The van der Waals surface area contributed by atoms with Gasteiger partial charge < -0.3 is 6.15 Å². The molecule has 0 amide bonds. The molecule has 0 spiro atoms. The van der Waals surface area contributed by atoms with E-state index in [0.29, 0.717) is 11.1 Å². The van der Waals surface area contributed by atoms with Crippen LogP contribution in [0.15, 0.2) is 36.4 Å². The topological polar surface area (TPSA) is 35.0 Å². The lowest BCUT2D eigenvalue weighted by atomic mass is 9.91. The molecule has 0 heterocycles. The highest BCUT2D eigenvalue weighted by molar-refractivity contribution is 5.36. The van der Waals surface area contributed by atoms with Crippen molar-refractivity contribution in [1.82, 2.24) is 6.15 Å². The SMILES string of the molecule is Cc1ccc(C(C)c2ccc(C)cc2F)c(F)c1.N. The van der Waals surface area contributed by atoms with Crippen LogP contribution in [-0.2, 0) is 0 Å². The first kappa shape index (κ1) is 15.3. The monoisotopic (exact) mass is 263 g/mol. The predicted octanol–water partition coefficient (Wildman–Crippen LogP) is 4.90. The molecule has 0 unspecified atom stereocenters. The number of aryl methyl sites for hydroxylation is 2. The van der Waals surface area contributed by atoms with Gasteiger partial charge in [-0.05, 0) is 48.2 Å². The van der Waals surface area contributed by atoms with Crippen LogP contribution in [0.5, 0.6) is 0 Å². The molecular formula is C16H19F2N. The normalized spacial score (nSPS) is 10.4. The second-order valence-electron chi connectivity index (χ2n) is 4.77. The molecule has 0 bridgehead atoms. The Kier molecular flexibility index (Phi) is 4.78. The van der Waals surface area contributed by atoms with Crippen LogP contribution in [0, 0.1) is 25.5 Å². The third-order valence-corrected chi connectivity index (χ3v) is 3.24. The van der Waals surface area contributed by atoms with E-state index in [1.54, 1.807) is 12.1 Å². The van der Waals surface area contributed by atoms with Gasteiger partial charge in [0.1, 0.15) is 11.6 Å². The summed E-state index contributed by atoms with van der Waals surface area (Å²) in [5.74, 6) is -0.837. The zero-order chi connectivity index (χ0) is 13.3. The van der Waals surface area contributed by atoms with Gasteiger partial charge in [0.25, 0.3) is 0 Å². The molecule has 1 nitrogen and oxygen atoms in total. The minimum Gasteiger partial charge on any atom is -0.344 e. The van der Waals surface area contributed by atoms with E-state index >= 15 is 0 Å². The highest BCUT2D eigenvalue weighted by Gasteiger charge is 2.16. The van der Waals surface area contributed by atoms with E-state index in [-0.39, 0.29) is 23.7 Å². The van der Waals surface area contributed by atoms with Crippen molar-refractivity contribution >= 4 is 0 Å². The van der Waals surface area contributed by atoms with Crippen molar-refractivity contribution in [3.05, 3.63) is 70.3 Å². The van der Waals surface area contributed by atoms with E-state index in [4.69, 9.17) is 0 Å². The van der Waals surface area contributed by atoms with Gasteiger partial charge in [-0.3, -0.25) is 0 Å². The van der Waals surface area contributed by atoms with Gasteiger partial charge in [0, 0.05) is 5.92 Å². The molecule has 0 radical (unpaired) electrons. The minimum absolute atomic E-state index is 0. The summed E-state index contributed by atoms with van der Waals surface area (Å²) in [5, 5.41) is 0. The lowest BCUT2D eigenvalue weighted by Gasteiger charge is -2.15. The summed E-state index contributed by atoms with van der Waals surface area (Å²) in [6.07, 6.45) is 0. The Labute approximate surface area is 112 Å². The van der Waals surface area contributed by atoms with E-state index in [0.717, 1.165) is 11.1 Å². The summed E-state index contributed by atoms with van der Waals surface area (Å²) in [5.41, 5.74) is 2.80. The zero-order valence-corrected chi connectivity index (χ0v) is 11.5. The smallest absolute Gasteiger partial charge is 0.127 e. The summed E-state index contributed by atoms with van der Waals surface area (Å²) in [6, 6.07) is 10.1. The number of halogens is 2. The molecule has 0 fully saturated rings. The van der Waals surface area contributed by atoms with Gasteiger partial charge in [0.15, 0.2) is 0 Å². The molecule has 3 N–H and O–H groups in total. The number of benzene rings is 2. The van der Waals surface area contributed by atoms with E-state index in [2.05, 4.69) is 0 Å². The molecule has 3 heteroatoms. The third-order valence-electron chi connectivity index (χ3n) is 3.24. The molecule has 102 valence electrons. The second kappa shape index (κ2) is 5.93. The maximum atomic E-state index is 13.9. The quantitative estimate of drug-likeness (QED) is 0.822. The van der Waals surface area contributed by atoms with Crippen molar-refractivity contribution in [2.45, 2.75) is 26.7 Å². The van der Waals surface area contributed by atoms with Crippen LogP contribution in [0.3, 0.4) is 0 Å². The average Bonchev–Trinajstić information content (AvgIpc) is 2.28. The van der Waals surface area contributed by atoms with E-state index in [1.807, 2.05) is 32.9 Å². The first-order valence-electron chi connectivity index (χ1n) is 6.01. The third kappa shape index (κ3) is 3.18. The average molecular weight is 263 g/mol. The number of hydrogen-bond donors (Lipinski definition) is 1. The molecule has 2 rings (SSSR count). The highest BCUT2D eigenvalue weighted by atomic mass is 19.1. The van der Waals surface area contributed by atoms with Crippen LogP contribution in [0.4, 0.5) is 8.78 Å². The van der Waals surface area contributed by atoms with Crippen molar-refractivity contribution in [3.63, 3.8) is 0 Å². The zero-order valence-electron chi connectivity index (χ0n) is 11.5. The van der Waals surface area contributed by atoms with Gasteiger partial charge in [-0.2, -0.15) is 0 Å². The lowest BCUT2D eigenvalue weighted by molar-refractivity contribution is 0.580. The predicted molar refractivity (Wildman–Crippen MR) is 74.8 cm³/mol. The molecule has 0 aliphatic carbocycles. The maximum absolute atomic E-state index is 13.9. The Hall–Kier alpha value is -1.74. The second-order valence-corrected chi connectivity index (χ2v) is 4.77. The van der Waals surface area contributed by atoms with Crippen molar-refractivity contribution in [1.29, 1.82) is 0 Å². The standard InChI is InChI=1S/C16H16F2.H3N/c1-10-4-6-13(15(17)8-10)12(3)14-7-5-11(2)9-16(14)18;/h4-9,12H,1-3H3;1H3. The summed E-state index contributed by atoms with van der Waals surface area (Å²) >= 11 is 0. The molecule has 2 aromatic carbocycles. The first-order valence-corrected chi connectivity index (χ1v) is 6.01. The highest BCUT2D eigenvalue weighted by Crippen LogP contribution is 2.29. The van der Waals surface area contributed by atoms with Crippen molar-refractivity contribution in [2.24, 2.45) is 0 Å². The maximum Gasteiger partial charge on any atom is 0.127 e. The minimum atomic E-state index is -0.286. The van der Waals surface area contributed by atoms with E-state index < -0.39 is 0 Å². The Morgan fingerprint density at radius 2 is 1.16 bits per heavy atom. The van der Waals surface area contributed by atoms with Crippen LogP contribution >= 0.6 is 0 Å². The molecule has 19 heavy (non-hydrogen) atoms. The van der Waals surface area contributed by atoms with Crippen LogP contribution in [0.1, 0.15) is 35.1 Å². The summed E-state index contributed by atoms with van der Waals surface area (Å²) < 4.78 is 27.8. The molecule has 0 saturated carbocycles. The largest absolute Gasteiger partial charge is 0.344 e. The lowest BCUT2D eigenvalue weighted by Crippen LogP contribution is -2.02. The fraction of sp³-hybridized carbons (Fsp3) is 0.250. The first-order chi connectivity index (χ1) is 8.49.